The quantitative estimate of drug-likeness (QED) is 0.487. The van der Waals surface area contributed by atoms with Crippen molar-refractivity contribution in [1.29, 1.82) is 0 Å². The second-order valence-electron chi connectivity index (χ2n) is 6.28. The van der Waals surface area contributed by atoms with E-state index in [0.717, 1.165) is 0 Å². The van der Waals surface area contributed by atoms with E-state index in [1.807, 2.05) is 0 Å². The number of aliphatic hydroxyl groups is 1. The Hall–Kier alpha value is -0.320. The molecule has 11 heteroatoms. The van der Waals surface area contributed by atoms with Gasteiger partial charge in [0.05, 0.1) is 19.1 Å². The number of carbonyl (C=O) groups is 1. The smallest absolute Gasteiger partial charge is 0.410 e. The molecule has 1 amide bonds. The van der Waals surface area contributed by atoms with Crippen LogP contribution in [0.5, 0.6) is 0 Å². The van der Waals surface area contributed by atoms with Crippen LogP contribution in [0.3, 0.4) is 0 Å². The summed E-state index contributed by atoms with van der Waals surface area (Å²) >= 11 is 16.9. The second kappa shape index (κ2) is 8.79. The van der Waals surface area contributed by atoms with Crippen LogP contribution < -0.4 is 5.32 Å². The molecular weight excluding hydrogens is 413 g/mol. The fourth-order valence-electron chi connectivity index (χ4n) is 2.63. The minimum Gasteiger partial charge on any atom is -0.411 e. The third kappa shape index (κ3) is 5.59. The number of nitrogens with one attached hydrogen (secondary N) is 1. The molecule has 0 aliphatic carbocycles. The Bertz CT molecular complexity index is 519. The van der Waals surface area contributed by atoms with E-state index in [0.29, 0.717) is 0 Å². The molecule has 8 nitrogen and oxygen atoms in total. The Morgan fingerprint density at radius 3 is 2.81 bits per heavy atom. The molecule has 0 aromatic heterocycles. The fourth-order valence-corrected chi connectivity index (χ4v) is 2.83. The van der Waals surface area contributed by atoms with E-state index in [1.165, 1.54) is 6.08 Å². The normalized spacial score (nSPS) is 33.8. The highest BCUT2D eigenvalue weighted by Crippen LogP contribution is 2.33. The fraction of sp³-hybridized carbons (Fsp3) is 0.800. The summed E-state index contributed by atoms with van der Waals surface area (Å²) in [5.41, 5.74) is 0. The van der Waals surface area contributed by atoms with Gasteiger partial charge in [0.25, 0.3) is 4.52 Å². The van der Waals surface area contributed by atoms with Gasteiger partial charge in [0, 0.05) is 0 Å². The number of hydrogen-bond donors (Lipinski definition) is 2. The van der Waals surface area contributed by atoms with Gasteiger partial charge in [-0.1, -0.05) is 29.3 Å². The highest BCUT2D eigenvalue weighted by molar-refractivity contribution is 6.50. The van der Waals surface area contributed by atoms with Gasteiger partial charge >= 0.3 is 6.09 Å². The lowest BCUT2D eigenvalue weighted by Gasteiger charge is -2.49. The van der Waals surface area contributed by atoms with E-state index in [4.69, 9.17) is 58.5 Å². The van der Waals surface area contributed by atoms with Gasteiger partial charge in [-0.15, -0.1) is 18.2 Å². The number of hydrogen-bond acceptors (Lipinski definition) is 7. The maximum atomic E-state index is 12.1. The first kappa shape index (κ1) is 22.0. The Labute approximate surface area is 166 Å². The molecule has 2 saturated heterocycles. The number of carbonyl (C=O) groups excluding carboxylic acids is 1. The van der Waals surface area contributed by atoms with Gasteiger partial charge in [-0.25, -0.2) is 4.79 Å². The summed E-state index contributed by atoms with van der Waals surface area (Å²) in [5, 5.41) is 13.2. The Morgan fingerprint density at radius 2 is 2.19 bits per heavy atom. The number of fused-ring (bicyclic) bond motifs is 1. The minimum atomic E-state index is -1.91. The molecular formula is C15H22Cl3NO7. The number of alkyl carbamates (subject to hydrolysis) is 1. The molecule has 26 heavy (non-hydrogen) atoms. The summed E-state index contributed by atoms with van der Waals surface area (Å²) in [7, 11) is 0. The van der Waals surface area contributed by atoms with Gasteiger partial charge in [-0.2, -0.15) is 0 Å². The van der Waals surface area contributed by atoms with Crippen LogP contribution in [0.4, 0.5) is 4.79 Å². The van der Waals surface area contributed by atoms with Gasteiger partial charge in [-0.05, 0) is 13.8 Å². The topological polar surface area (TPSA) is 95.5 Å². The molecule has 0 aromatic rings. The van der Waals surface area contributed by atoms with Crippen molar-refractivity contribution in [2.45, 2.75) is 54.8 Å². The lowest BCUT2D eigenvalue weighted by molar-refractivity contribution is -0.368. The Morgan fingerprint density at radius 1 is 1.50 bits per heavy atom. The lowest BCUT2D eigenvalue weighted by Crippen LogP contribution is -2.68. The van der Waals surface area contributed by atoms with E-state index in [-0.39, 0.29) is 19.1 Å². The largest absolute Gasteiger partial charge is 0.411 e. The van der Waals surface area contributed by atoms with Crippen LogP contribution in [0.1, 0.15) is 13.8 Å². The lowest BCUT2D eigenvalue weighted by atomic mass is 9.95. The zero-order valence-electron chi connectivity index (χ0n) is 14.3. The van der Waals surface area contributed by atoms with Crippen molar-refractivity contribution in [3.8, 4) is 0 Å². The van der Waals surface area contributed by atoms with Crippen molar-refractivity contribution >= 4 is 40.9 Å². The third-order valence-corrected chi connectivity index (χ3v) is 4.82. The van der Waals surface area contributed by atoms with Crippen molar-refractivity contribution in [3.63, 3.8) is 0 Å². The maximum Gasteiger partial charge on any atom is 0.410 e. The molecule has 0 saturated carbocycles. The predicted molar refractivity (Wildman–Crippen MR) is 94.3 cm³/mol. The number of ether oxygens (including phenoxy) is 5. The predicted octanol–water partition coefficient (Wildman–Crippen LogP) is 1.89. The highest BCUT2D eigenvalue weighted by Gasteiger charge is 2.52. The molecule has 0 aromatic carbocycles. The molecule has 150 valence electrons. The number of rotatable bonds is 6. The molecule has 0 bridgehead atoms. The van der Waals surface area contributed by atoms with Gasteiger partial charge in [-0.3, -0.25) is 0 Å². The summed E-state index contributed by atoms with van der Waals surface area (Å²) in [6, 6.07) is -1.02. The average molecular weight is 435 g/mol. The van der Waals surface area contributed by atoms with E-state index < -0.39 is 47.0 Å². The van der Waals surface area contributed by atoms with Crippen LogP contribution in [0.25, 0.3) is 0 Å². The first-order chi connectivity index (χ1) is 12.1. The van der Waals surface area contributed by atoms with Gasteiger partial charge in [0.1, 0.15) is 24.4 Å². The molecule has 2 rings (SSSR count). The summed E-state index contributed by atoms with van der Waals surface area (Å²) in [6.07, 6.45) is -3.00. The summed E-state index contributed by atoms with van der Waals surface area (Å²) in [6.45, 7) is 7.30. The average Bonchev–Trinajstić information content (AvgIpc) is 2.55. The summed E-state index contributed by atoms with van der Waals surface area (Å²) in [4.78, 5) is 12.1. The van der Waals surface area contributed by atoms with Gasteiger partial charge in [0.2, 0.25) is 0 Å². The van der Waals surface area contributed by atoms with E-state index in [2.05, 4.69) is 11.9 Å². The van der Waals surface area contributed by atoms with Crippen molar-refractivity contribution in [2.75, 3.05) is 19.1 Å². The van der Waals surface area contributed by atoms with Crippen molar-refractivity contribution in [3.05, 3.63) is 12.7 Å². The summed E-state index contributed by atoms with van der Waals surface area (Å²) in [5.74, 6) is -1.26. The van der Waals surface area contributed by atoms with Crippen LogP contribution in [-0.2, 0) is 23.7 Å². The van der Waals surface area contributed by atoms with E-state index >= 15 is 0 Å². The standard InChI is InChI=1S/C15H22Cl3NO7/c1-4-5-22-12-9(19-13(21)26-15(17,18)7-16)10(20)11-8(24-12)6-23-14(2,3)25-11/h4,8-12,20H,1,5-7H2,2-3H3,(H,19,21)/t8-,9-,10-,11-,12+/m1/s1. The molecule has 2 heterocycles. The molecule has 0 unspecified atom stereocenters. The minimum absolute atomic E-state index is 0.131. The third-order valence-electron chi connectivity index (χ3n) is 3.75. The zero-order chi connectivity index (χ0) is 19.5. The van der Waals surface area contributed by atoms with E-state index in [9.17, 15) is 9.90 Å². The van der Waals surface area contributed by atoms with Crippen molar-refractivity contribution in [2.24, 2.45) is 0 Å². The number of aliphatic hydroxyl groups excluding tert-OH is 1. The van der Waals surface area contributed by atoms with Crippen LogP contribution in [0.15, 0.2) is 12.7 Å². The Kier molecular flexibility index (Phi) is 7.43. The van der Waals surface area contributed by atoms with Crippen LogP contribution in [0, 0.1) is 0 Å². The highest BCUT2D eigenvalue weighted by atomic mass is 35.5. The first-order valence-electron chi connectivity index (χ1n) is 7.89. The Balaban J connectivity index is 2.13. The number of alkyl halides is 3. The maximum absolute atomic E-state index is 12.1. The first-order valence-corrected chi connectivity index (χ1v) is 9.18. The van der Waals surface area contributed by atoms with Crippen LogP contribution >= 0.6 is 34.8 Å². The molecule has 0 spiro atoms. The number of halogens is 3. The van der Waals surface area contributed by atoms with Crippen molar-refractivity contribution in [1.82, 2.24) is 5.32 Å². The number of amides is 1. The van der Waals surface area contributed by atoms with Gasteiger partial charge < -0.3 is 34.1 Å². The molecule has 2 fully saturated rings. The molecule has 2 aliphatic rings. The van der Waals surface area contributed by atoms with Crippen LogP contribution in [-0.4, -0.2) is 71.2 Å². The van der Waals surface area contributed by atoms with Crippen LogP contribution in [0.2, 0.25) is 0 Å². The summed E-state index contributed by atoms with van der Waals surface area (Å²) < 4.78 is 25.5. The second-order valence-corrected chi connectivity index (χ2v) is 7.96. The molecule has 5 atom stereocenters. The SMILES string of the molecule is C=CCO[C@H]1O[C@@H]2COC(C)(C)O[C@H]2[C@H](O)[C@H]1NC(=O)OC(Cl)(Cl)CCl. The van der Waals surface area contributed by atoms with Gasteiger partial charge in [0.15, 0.2) is 12.1 Å². The monoisotopic (exact) mass is 433 g/mol. The molecule has 0 radical (unpaired) electrons. The van der Waals surface area contributed by atoms with Crippen molar-refractivity contribution < 1.29 is 33.6 Å². The molecule has 2 N–H and O–H groups in total. The van der Waals surface area contributed by atoms with E-state index in [1.54, 1.807) is 13.8 Å². The zero-order valence-corrected chi connectivity index (χ0v) is 16.6. The molecule has 2 aliphatic heterocycles.